The van der Waals surface area contributed by atoms with Crippen LogP contribution in [0.1, 0.15) is 69.0 Å². The zero-order valence-electron chi connectivity index (χ0n) is 17.3. The van der Waals surface area contributed by atoms with Crippen molar-refractivity contribution in [2.45, 2.75) is 69.2 Å². The van der Waals surface area contributed by atoms with Gasteiger partial charge in [0.25, 0.3) is 0 Å². The largest absolute Gasteiger partial charge is 0.481 e. The highest BCUT2D eigenvalue weighted by Gasteiger charge is 2.21. The highest BCUT2D eigenvalue weighted by Crippen LogP contribution is 2.24. The number of carbonyl (C=O) groups is 1. The summed E-state index contributed by atoms with van der Waals surface area (Å²) in [5.74, 6) is -0.796. The van der Waals surface area contributed by atoms with Gasteiger partial charge in [-0.05, 0) is 54.7 Å². The molecule has 2 aromatic carbocycles. The van der Waals surface area contributed by atoms with Crippen LogP contribution < -0.4 is 4.72 Å². The summed E-state index contributed by atoms with van der Waals surface area (Å²) in [5, 5.41) is 9.26. The third-order valence-corrected chi connectivity index (χ3v) is 6.75. The van der Waals surface area contributed by atoms with Crippen LogP contribution in [0.3, 0.4) is 0 Å². The van der Waals surface area contributed by atoms with Crippen LogP contribution in [0.2, 0.25) is 5.02 Å². The van der Waals surface area contributed by atoms with E-state index in [1.54, 1.807) is 12.1 Å². The monoisotopic (exact) mass is 451 g/mol. The van der Waals surface area contributed by atoms with Gasteiger partial charge in [-0.15, -0.1) is 0 Å². The highest BCUT2D eigenvalue weighted by molar-refractivity contribution is 7.89. The number of aryl methyl sites for hydroxylation is 1. The summed E-state index contributed by atoms with van der Waals surface area (Å²) in [7, 11) is -3.67. The lowest BCUT2D eigenvalue weighted by Gasteiger charge is -2.20. The molecule has 0 fully saturated rings. The maximum absolute atomic E-state index is 12.9. The van der Waals surface area contributed by atoms with Crippen molar-refractivity contribution in [2.75, 3.05) is 0 Å². The predicted molar refractivity (Wildman–Crippen MR) is 120 cm³/mol. The van der Waals surface area contributed by atoms with Crippen molar-refractivity contribution in [3.8, 4) is 0 Å². The molecule has 0 aliphatic rings. The van der Waals surface area contributed by atoms with Crippen molar-refractivity contribution < 1.29 is 18.3 Å². The van der Waals surface area contributed by atoms with E-state index in [1.807, 2.05) is 24.3 Å². The van der Waals surface area contributed by atoms with Crippen LogP contribution in [0, 0.1) is 0 Å². The Bertz CT molecular complexity index is 896. The molecule has 1 unspecified atom stereocenters. The summed E-state index contributed by atoms with van der Waals surface area (Å²) < 4.78 is 28.6. The fourth-order valence-corrected chi connectivity index (χ4v) is 4.68. The van der Waals surface area contributed by atoms with Crippen molar-refractivity contribution in [2.24, 2.45) is 0 Å². The first-order chi connectivity index (χ1) is 14.3. The number of halogens is 1. The van der Waals surface area contributed by atoms with E-state index in [4.69, 9.17) is 16.7 Å². The molecule has 2 N–H and O–H groups in total. The van der Waals surface area contributed by atoms with Gasteiger partial charge in [-0.3, -0.25) is 4.79 Å². The normalized spacial score (nSPS) is 12.6. The van der Waals surface area contributed by atoms with E-state index in [9.17, 15) is 13.2 Å². The lowest BCUT2D eigenvalue weighted by atomic mass is 9.98. The third kappa shape index (κ3) is 8.09. The van der Waals surface area contributed by atoms with E-state index >= 15 is 0 Å². The van der Waals surface area contributed by atoms with Gasteiger partial charge in [0.15, 0.2) is 0 Å². The molecule has 7 heteroatoms. The second-order valence-corrected chi connectivity index (χ2v) is 9.62. The van der Waals surface area contributed by atoms with Crippen LogP contribution >= 0.6 is 11.6 Å². The minimum absolute atomic E-state index is 0.142. The van der Waals surface area contributed by atoms with E-state index in [0.29, 0.717) is 24.3 Å². The Hall–Kier alpha value is -1.89. The number of rotatable bonds is 13. The maximum atomic E-state index is 12.9. The standard InChI is InChI=1S/C23H30ClNO4S/c1-2-3-4-5-8-22(25-30(28,29)21-16-14-20(24)15-17-21)19-12-10-18(11-13-19)7-6-9-23(26)27/h10-17,22,25H,2-9H2,1H3,(H,26,27). The first-order valence-electron chi connectivity index (χ1n) is 10.4. The maximum Gasteiger partial charge on any atom is 0.303 e. The van der Waals surface area contributed by atoms with Crippen LogP contribution in [0.25, 0.3) is 0 Å². The Kier molecular flexibility index (Phi) is 9.82. The van der Waals surface area contributed by atoms with E-state index in [1.165, 1.54) is 12.1 Å². The molecular formula is C23H30ClNO4S. The molecule has 0 aliphatic carbocycles. The molecule has 1 atom stereocenters. The number of carboxylic acids is 1. The number of carboxylic acid groups (broad SMARTS) is 1. The Morgan fingerprint density at radius 3 is 2.27 bits per heavy atom. The highest BCUT2D eigenvalue weighted by atomic mass is 35.5. The van der Waals surface area contributed by atoms with Crippen LogP contribution in [0.5, 0.6) is 0 Å². The summed E-state index contributed by atoms with van der Waals surface area (Å²) in [6.45, 7) is 2.14. The number of unbranched alkanes of at least 4 members (excludes halogenated alkanes) is 3. The first-order valence-corrected chi connectivity index (χ1v) is 12.3. The molecule has 0 spiro atoms. The van der Waals surface area contributed by atoms with Gasteiger partial charge in [0.2, 0.25) is 10.0 Å². The number of nitrogens with one attached hydrogen (secondary N) is 1. The average molecular weight is 452 g/mol. The minimum atomic E-state index is -3.67. The van der Waals surface area contributed by atoms with Crippen LogP contribution in [0.4, 0.5) is 0 Å². The summed E-state index contributed by atoms with van der Waals surface area (Å²) >= 11 is 5.88. The summed E-state index contributed by atoms with van der Waals surface area (Å²) in [6.07, 6.45) is 6.35. The first kappa shape index (κ1) is 24.4. The Morgan fingerprint density at radius 2 is 1.67 bits per heavy atom. The Labute approximate surface area is 184 Å². The molecule has 0 amide bonds. The van der Waals surface area contributed by atoms with Crippen molar-refractivity contribution in [3.63, 3.8) is 0 Å². The molecule has 5 nitrogen and oxygen atoms in total. The third-order valence-electron chi connectivity index (χ3n) is 5.01. The van der Waals surface area contributed by atoms with Gasteiger partial charge in [-0.1, -0.05) is 68.5 Å². The fraction of sp³-hybridized carbons (Fsp3) is 0.435. The topological polar surface area (TPSA) is 83.5 Å². The molecule has 2 rings (SSSR count). The molecule has 30 heavy (non-hydrogen) atoms. The Morgan fingerprint density at radius 1 is 1.00 bits per heavy atom. The molecule has 0 aliphatic heterocycles. The zero-order chi connectivity index (χ0) is 22.0. The van der Waals surface area contributed by atoms with Crippen molar-refractivity contribution >= 4 is 27.6 Å². The van der Waals surface area contributed by atoms with Gasteiger partial charge in [-0.25, -0.2) is 13.1 Å². The van der Waals surface area contributed by atoms with E-state index < -0.39 is 16.0 Å². The van der Waals surface area contributed by atoms with Gasteiger partial charge >= 0.3 is 5.97 Å². The van der Waals surface area contributed by atoms with Gasteiger partial charge < -0.3 is 5.11 Å². The minimum Gasteiger partial charge on any atom is -0.481 e. The second-order valence-electron chi connectivity index (χ2n) is 7.47. The zero-order valence-corrected chi connectivity index (χ0v) is 18.9. The fourth-order valence-electron chi connectivity index (χ4n) is 3.30. The summed E-state index contributed by atoms with van der Waals surface area (Å²) in [5.41, 5.74) is 1.95. The van der Waals surface area contributed by atoms with E-state index in [2.05, 4.69) is 11.6 Å². The molecular weight excluding hydrogens is 422 g/mol. The van der Waals surface area contributed by atoms with E-state index in [0.717, 1.165) is 36.8 Å². The molecule has 0 saturated heterocycles. The molecule has 2 aromatic rings. The summed E-state index contributed by atoms with van der Waals surface area (Å²) in [6, 6.07) is 13.6. The number of hydrogen-bond donors (Lipinski definition) is 2. The number of sulfonamides is 1. The number of aliphatic carboxylic acids is 1. The molecule has 0 heterocycles. The number of hydrogen-bond acceptors (Lipinski definition) is 3. The van der Waals surface area contributed by atoms with Gasteiger partial charge in [0.1, 0.15) is 0 Å². The van der Waals surface area contributed by atoms with Gasteiger partial charge in [0, 0.05) is 17.5 Å². The van der Waals surface area contributed by atoms with E-state index in [-0.39, 0.29) is 17.4 Å². The van der Waals surface area contributed by atoms with Crippen molar-refractivity contribution in [1.29, 1.82) is 0 Å². The molecule has 0 aromatic heterocycles. The molecule has 0 radical (unpaired) electrons. The quantitative estimate of drug-likeness (QED) is 0.380. The smallest absolute Gasteiger partial charge is 0.303 e. The van der Waals surface area contributed by atoms with Crippen LogP contribution in [0.15, 0.2) is 53.4 Å². The number of benzene rings is 2. The van der Waals surface area contributed by atoms with Crippen LogP contribution in [-0.2, 0) is 21.2 Å². The average Bonchev–Trinajstić information content (AvgIpc) is 2.71. The predicted octanol–water partition coefficient (Wildman–Crippen LogP) is 5.74. The van der Waals surface area contributed by atoms with Gasteiger partial charge in [-0.2, -0.15) is 0 Å². The molecule has 0 bridgehead atoms. The lowest BCUT2D eigenvalue weighted by Crippen LogP contribution is -2.28. The van der Waals surface area contributed by atoms with Crippen molar-refractivity contribution in [3.05, 3.63) is 64.7 Å². The molecule has 164 valence electrons. The second kappa shape index (κ2) is 12.1. The lowest BCUT2D eigenvalue weighted by molar-refractivity contribution is -0.137. The Balaban J connectivity index is 2.13. The van der Waals surface area contributed by atoms with Crippen molar-refractivity contribution in [1.82, 2.24) is 4.72 Å². The molecule has 0 saturated carbocycles. The van der Waals surface area contributed by atoms with Crippen LogP contribution in [-0.4, -0.2) is 19.5 Å². The SMILES string of the molecule is CCCCCCC(NS(=O)(=O)c1ccc(Cl)cc1)c1ccc(CCCC(=O)O)cc1. The summed E-state index contributed by atoms with van der Waals surface area (Å²) in [4.78, 5) is 10.9. The van der Waals surface area contributed by atoms with Gasteiger partial charge in [0.05, 0.1) is 4.90 Å².